The topological polar surface area (TPSA) is 12.5 Å². The molecule has 1 aliphatic rings. The van der Waals surface area contributed by atoms with Crippen LogP contribution in [0.1, 0.15) is 186 Å². The number of nitrogens with zero attached hydrogens (tertiary/aromatic N) is 1. The molecule has 0 aliphatic carbocycles. The standard InChI is InChI=1S/C38H67NO/c1-3-4-5-6-7-8-9-10-11-12-13-14-15-16-17-18-19-20-21-22-23-24-25-26-27-30-35-40-39-36(2)33-34-37-31-28-29-32-38(37)39/h28-29,31-34,36H,3-27,30,35H2,1-2H3. The van der Waals surface area contributed by atoms with E-state index in [1.165, 1.54) is 172 Å². The molecule has 0 aromatic heterocycles. The van der Waals surface area contributed by atoms with Gasteiger partial charge < -0.3 is 0 Å². The number of unbranched alkanes of at least 4 members (excludes halogenated alkanes) is 25. The first kappa shape index (κ1) is 34.9. The number of anilines is 1. The minimum absolute atomic E-state index is 0.305. The third-order valence-corrected chi connectivity index (χ3v) is 8.83. The molecule has 2 rings (SSSR count). The van der Waals surface area contributed by atoms with Crippen LogP contribution in [0.15, 0.2) is 30.3 Å². The van der Waals surface area contributed by atoms with Gasteiger partial charge in [0.2, 0.25) is 0 Å². The number of para-hydroxylation sites is 1. The Morgan fingerprint density at radius 2 is 0.900 bits per heavy atom. The summed E-state index contributed by atoms with van der Waals surface area (Å²) < 4.78 is 0. The number of rotatable bonds is 28. The zero-order valence-electron chi connectivity index (χ0n) is 27.0. The fourth-order valence-corrected chi connectivity index (χ4v) is 6.14. The first-order valence-corrected chi connectivity index (χ1v) is 18.0. The van der Waals surface area contributed by atoms with Crippen molar-refractivity contribution >= 4 is 11.8 Å². The molecule has 0 fully saturated rings. The van der Waals surface area contributed by atoms with Gasteiger partial charge in [-0.15, -0.1) is 0 Å². The monoisotopic (exact) mass is 554 g/mol. The van der Waals surface area contributed by atoms with Gasteiger partial charge in [0.1, 0.15) is 0 Å². The highest BCUT2D eigenvalue weighted by molar-refractivity contribution is 5.70. The molecule has 0 bridgehead atoms. The Hall–Kier alpha value is -1.28. The van der Waals surface area contributed by atoms with Gasteiger partial charge in [-0.3, -0.25) is 4.84 Å². The highest BCUT2D eigenvalue weighted by atomic mass is 16.7. The van der Waals surface area contributed by atoms with Crippen LogP contribution in [0.25, 0.3) is 6.08 Å². The molecule has 2 nitrogen and oxygen atoms in total. The Bertz CT molecular complexity index is 713. The van der Waals surface area contributed by atoms with Gasteiger partial charge in [0.05, 0.1) is 18.3 Å². The fraction of sp³-hybridized carbons (Fsp3) is 0.789. The summed E-state index contributed by atoms with van der Waals surface area (Å²) in [7, 11) is 0. The second-order valence-electron chi connectivity index (χ2n) is 12.7. The van der Waals surface area contributed by atoms with Gasteiger partial charge >= 0.3 is 0 Å². The van der Waals surface area contributed by atoms with Crippen LogP contribution >= 0.6 is 0 Å². The Morgan fingerprint density at radius 1 is 0.525 bits per heavy atom. The first-order valence-electron chi connectivity index (χ1n) is 18.0. The quantitative estimate of drug-likeness (QED) is 0.0957. The van der Waals surface area contributed by atoms with Crippen molar-refractivity contribution in [3.05, 3.63) is 35.9 Å². The molecule has 1 aromatic carbocycles. The molecule has 0 amide bonds. The smallest absolute Gasteiger partial charge is 0.0749 e. The lowest BCUT2D eigenvalue weighted by Crippen LogP contribution is -2.34. The molecule has 1 atom stereocenters. The Kier molecular flexibility index (Phi) is 22.2. The molecule has 40 heavy (non-hydrogen) atoms. The number of hydrogen-bond donors (Lipinski definition) is 0. The minimum Gasteiger partial charge on any atom is -0.273 e. The Labute approximate surface area is 250 Å². The van der Waals surface area contributed by atoms with Gasteiger partial charge in [0.15, 0.2) is 0 Å². The van der Waals surface area contributed by atoms with E-state index in [2.05, 4.69) is 55.3 Å². The van der Waals surface area contributed by atoms with Crippen LogP contribution in [-0.2, 0) is 4.84 Å². The van der Waals surface area contributed by atoms with Crippen LogP contribution < -0.4 is 5.06 Å². The Balaban J connectivity index is 1.23. The minimum atomic E-state index is 0.305. The summed E-state index contributed by atoms with van der Waals surface area (Å²) >= 11 is 0. The molecule has 0 N–H and O–H groups in total. The van der Waals surface area contributed by atoms with E-state index in [1.807, 2.05) is 0 Å². The van der Waals surface area contributed by atoms with Crippen molar-refractivity contribution < 1.29 is 4.84 Å². The van der Waals surface area contributed by atoms with Crippen LogP contribution in [-0.4, -0.2) is 12.6 Å². The molecule has 0 spiro atoms. The number of benzene rings is 1. The van der Waals surface area contributed by atoms with Gasteiger partial charge in [-0.1, -0.05) is 198 Å². The highest BCUT2D eigenvalue weighted by Gasteiger charge is 2.19. The Morgan fingerprint density at radius 3 is 1.32 bits per heavy atom. The molecule has 0 radical (unpaired) electrons. The van der Waals surface area contributed by atoms with E-state index >= 15 is 0 Å². The van der Waals surface area contributed by atoms with E-state index in [9.17, 15) is 0 Å². The number of fused-ring (bicyclic) bond motifs is 1. The lowest BCUT2D eigenvalue weighted by atomic mass is 10.0. The summed E-state index contributed by atoms with van der Waals surface area (Å²) in [4.78, 5) is 6.16. The molecule has 0 saturated carbocycles. The van der Waals surface area contributed by atoms with E-state index in [1.54, 1.807) is 0 Å². The van der Waals surface area contributed by atoms with E-state index in [4.69, 9.17) is 4.84 Å². The molecular formula is C38H67NO. The third kappa shape index (κ3) is 17.5. The average molecular weight is 554 g/mol. The van der Waals surface area contributed by atoms with E-state index < -0.39 is 0 Å². The summed E-state index contributed by atoms with van der Waals surface area (Å²) in [5, 5.41) is 2.09. The lowest BCUT2D eigenvalue weighted by molar-refractivity contribution is 0.0940. The maximum atomic E-state index is 6.16. The van der Waals surface area contributed by atoms with Crippen molar-refractivity contribution in [2.75, 3.05) is 11.7 Å². The van der Waals surface area contributed by atoms with Gasteiger partial charge in [-0.05, 0) is 25.0 Å². The summed E-state index contributed by atoms with van der Waals surface area (Å²) in [6.45, 7) is 5.33. The fourth-order valence-electron chi connectivity index (χ4n) is 6.14. The van der Waals surface area contributed by atoms with E-state index in [0.717, 1.165) is 13.0 Å². The molecule has 1 unspecified atom stereocenters. The van der Waals surface area contributed by atoms with Crippen molar-refractivity contribution in [2.45, 2.75) is 187 Å². The predicted molar refractivity (Wildman–Crippen MR) is 179 cm³/mol. The first-order chi connectivity index (χ1) is 19.8. The maximum Gasteiger partial charge on any atom is 0.0749 e. The van der Waals surface area contributed by atoms with Crippen molar-refractivity contribution in [3.63, 3.8) is 0 Å². The van der Waals surface area contributed by atoms with Crippen LogP contribution in [0, 0.1) is 0 Å². The summed E-state index contributed by atoms with van der Waals surface area (Å²) in [6.07, 6.45) is 41.8. The van der Waals surface area contributed by atoms with Gasteiger partial charge in [0, 0.05) is 0 Å². The average Bonchev–Trinajstić information content (AvgIpc) is 2.97. The molecule has 230 valence electrons. The normalized spacial score (nSPS) is 14.7. The van der Waals surface area contributed by atoms with Crippen molar-refractivity contribution in [1.82, 2.24) is 0 Å². The molecule has 2 heteroatoms. The molecule has 1 aromatic rings. The second kappa shape index (κ2) is 25.4. The van der Waals surface area contributed by atoms with Crippen molar-refractivity contribution in [2.24, 2.45) is 0 Å². The zero-order valence-corrected chi connectivity index (χ0v) is 27.0. The third-order valence-electron chi connectivity index (χ3n) is 8.83. The van der Waals surface area contributed by atoms with Gasteiger partial charge in [-0.25, -0.2) is 5.06 Å². The summed E-state index contributed by atoms with van der Waals surface area (Å²) in [5.41, 5.74) is 2.46. The zero-order chi connectivity index (χ0) is 28.4. The van der Waals surface area contributed by atoms with Gasteiger partial charge in [-0.2, -0.15) is 0 Å². The van der Waals surface area contributed by atoms with Crippen LogP contribution in [0.3, 0.4) is 0 Å². The summed E-state index contributed by atoms with van der Waals surface area (Å²) in [6, 6.07) is 8.83. The number of hydrogen-bond acceptors (Lipinski definition) is 2. The number of hydroxylamine groups is 1. The molecule has 0 saturated heterocycles. The van der Waals surface area contributed by atoms with Crippen molar-refractivity contribution in [3.8, 4) is 0 Å². The SMILES string of the molecule is CCCCCCCCCCCCCCCCCCCCCCCCCCCCON1c2ccccc2C=CC1C. The molecular weight excluding hydrogens is 486 g/mol. The molecule has 1 heterocycles. The lowest BCUT2D eigenvalue weighted by Gasteiger charge is -2.32. The van der Waals surface area contributed by atoms with Crippen LogP contribution in [0.2, 0.25) is 0 Å². The predicted octanol–water partition coefficient (Wildman–Crippen LogP) is 13.0. The van der Waals surface area contributed by atoms with Crippen LogP contribution in [0.4, 0.5) is 5.69 Å². The second-order valence-corrected chi connectivity index (χ2v) is 12.7. The summed E-state index contributed by atoms with van der Waals surface area (Å²) in [5.74, 6) is 0. The van der Waals surface area contributed by atoms with E-state index in [0.29, 0.717) is 6.04 Å². The largest absolute Gasteiger partial charge is 0.273 e. The van der Waals surface area contributed by atoms with Gasteiger partial charge in [0.25, 0.3) is 0 Å². The molecule has 1 aliphatic heterocycles. The van der Waals surface area contributed by atoms with E-state index in [-0.39, 0.29) is 0 Å². The van der Waals surface area contributed by atoms with Crippen molar-refractivity contribution in [1.29, 1.82) is 0 Å². The highest BCUT2D eigenvalue weighted by Crippen LogP contribution is 2.29. The maximum absolute atomic E-state index is 6.16. The van der Waals surface area contributed by atoms with Crippen LogP contribution in [0.5, 0.6) is 0 Å².